The molecule has 0 spiro atoms. The second-order valence-corrected chi connectivity index (χ2v) is 8.46. The minimum Gasteiger partial charge on any atom is -0.394 e. The van der Waals surface area contributed by atoms with Crippen LogP contribution in [0.25, 0.3) is 0 Å². The molecule has 3 fully saturated rings. The van der Waals surface area contributed by atoms with E-state index in [9.17, 15) is 51.1 Å². The van der Waals surface area contributed by atoms with Gasteiger partial charge in [0, 0.05) is 0 Å². The molecule has 0 amide bonds. The highest BCUT2D eigenvalue weighted by Gasteiger charge is 2.51. The number of aliphatic hydroxyl groups is 10. The summed E-state index contributed by atoms with van der Waals surface area (Å²) in [5.41, 5.74) is 5.78. The molecular formula is C18H33NO15. The Hall–Kier alpha value is -0.640. The van der Waals surface area contributed by atoms with Gasteiger partial charge < -0.3 is 80.5 Å². The van der Waals surface area contributed by atoms with Gasteiger partial charge in [0.1, 0.15) is 67.1 Å². The Morgan fingerprint density at radius 1 is 0.588 bits per heavy atom. The Kier molecular flexibility index (Phi) is 9.54. The van der Waals surface area contributed by atoms with Gasteiger partial charge in [0.05, 0.1) is 25.9 Å². The molecule has 3 aliphatic rings. The molecule has 0 bridgehead atoms. The van der Waals surface area contributed by atoms with Crippen LogP contribution in [0.2, 0.25) is 0 Å². The molecule has 34 heavy (non-hydrogen) atoms. The fraction of sp³-hybridized carbons (Fsp3) is 1.00. The maximum Gasteiger partial charge on any atom is 0.187 e. The summed E-state index contributed by atoms with van der Waals surface area (Å²) in [7, 11) is 0. The van der Waals surface area contributed by atoms with Crippen LogP contribution in [0.3, 0.4) is 0 Å². The zero-order chi connectivity index (χ0) is 25.3. The third-order valence-corrected chi connectivity index (χ3v) is 6.15. The summed E-state index contributed by atoms with van der Waals surface area (Å²) >= 11 is 0. The van der Waals surface area contributed by atoms with Gasteiger partial charge in [-0.1, -0.05) is 0 Å². The topological polar surface area (TPSA) is 274 Å². The first kappa shape index (κ1) is 27.9. The number of hydrogen-bond acceptors (Lipinski definition) is 16. The first-order valence-electron chi connectivity index (χ1n) is 10.7. The van der Waals surface area contributed by atoms with Crippen molar-refractivity contribution >= 4 is 0 Å². The van der Waals surface area contributed by atoms with E-state index in [0.717, 1.165) is 0 Å². The van der Waals surface area contributed by atoms with E-state index in [-0.39, 0.29) is 0 Å². The second kappa shape index (κ2) is 11.6. The third kappa shape index (κ3) is 5.52. The molecule has 0 aromatic carbocycles. The molecule has 0 aromatic heterocycles. The average molecular weight is 503 g/mol. The average Bonchev–Trinajstić information content (AvgIpc) is 2.82. The molecule has 0 saturated carbocycles. The highest BCUT2D eigenvalue weighted by Crippen LogP contribution is 2.29. The molecule has 15 atom stereocenters. The summed E-state index contributed by atoms with van der Waals surface area (Å²) in [6.07, 6.45) is -22.2. The van der Waals surface area contributed by atoms with E-state index in [1.165, 1.54) is 0 Å². The number of nitrogens with two attached hydrogens (primary N) is 1. The Morgan fingerprint density at radius 3 is 1.79 bits per heavy atom. The van der Waals surface area contributed by atoms with Gasteiger partial charge in [-0.3, -0.25) is 0 Å². The molecule has 3 rings (SSSR count). The molecule has 3 aliphatic heterocycles. The first-order chi connectivity index (χ1) is 16.0. The Labute approximate surface area is 193 Å². The lowest BCUT2D eigenvalue weighted by molar-refractivity contribution is -0.359. The summed E-state index contributed by atoms with van der Waals surface area (Å²) in [5, 5.41) is 99.0. The maximum absolute atomic E-state index is 10.3. The molecule has 1 unspecified atom stereocenters. The first-order valence-corrected chi connectivity index (χ1v) is 10.7. The molecule has 16 nitrogen and oxygen atoms in total. The van der Waals surface area contributed by atoms with Crippen molar-refractivity contribution in [3.63, 3.8) is 0 Å². The van der Waals surface area contributed by atoms with Crippen molar-refractivity contribution < 1.29 is 74.7 Å². The summed E-state index contributed by atoms with van der Waals surface area (Å²) in [6.45, 7) is -1.92. The van der Waals surface area contributed by atoms with Crippen LogP contribution in [0, 0.1) is 0 Å². The van der Waals surface area contributed by atoms with Crippen LogP contribution in [0.15, 0.2) is 0 Å². The Bertz CT molecular complexity index is 642. The van der Waals surface area contributed by atoms with Crippen molar-refractivity contribution in [2.24, 2.45) is 5.73 Å². The Morgan fingerprint density at radius 2 is 1.18 bits per heavy atom. The van der Waals surface area contributed by atoms with Crippen molar-refractivity contribution in [2.75, 3.05) is 19.8 Å². The molecule has 0 aliphatic carbocycles. The van der Waals surface area contributed by atoms with Crippen LogP contribution in [-0.2, 0) is 23.7 Å². The van der Waals surface area contributed by atoms with Crippen molar-refractivity contribution in [1.29, 1.82) is 0 Å². The molecule has 16 heteroatoms. The summed E-state index contributed by atoms with van der Waals surface area (Å²) in [4.78, 5) is 0. The normalized spacial score (nSPS) is 52.5. The number of ether oxygens (including phenoxy) is 5. The van der Waals surface area contributed by atoms with Gasteiger partial charge in [-0.2, -0.15) is 0 Å². The largest absolute Gasteiger partial charge is 0.394 e. The zero-order valence-corrected chi connectivity index (χ0v) is 17.9. The summed E-state index contributed by atoms with van der Waals surface area (Å²) in [6, 6.07) is -1.24. The van der Waals surface area contributed by atoms with E-state index in [1.807, 2.05) is 0 Å². The third-order valence-electron chi connectivity index (χ3n) is 6.15. The highest BCUT2D eigenvalue weighted by molar-refractivity contribution is 4.95. The maximum atomic E-state index is 10.3. The monoisotopic (exact) mass is 503 g/mol. The predicted molar refractivity (Wildman–Crippen MR) is 103 cm³/mol. The molecule has 12 N–H and O–H groups in total. The van der Waals surface area contributed by atoms with E-state index in [2.05, 4.69) is 0 Å². The van der Waals surface area contributed by atoms with E-state index in [1.54, 1.807) is 0 Å². The smallest absolute Gasteiger partial charge is 0.187 e. The zero-order valence-electron chi connectivity index (χ0n) is 17.9. The van der Waals surface area contributed by atoms with Crippen LogP contribution >= 0.6 is 0 Å². The lowest BCUT2D eigenvalue weighted by Gasteiger charge is -2.46. The fourth-order valence-electron chi connectivity index (χ4n) is 4.00. The van der Waals surface area contributed by atoms with Gasteiger partial charge >= 0.3 is 0 Å². The van der Waals surface area contributed by atoms with Gasteiger partial charge in [0.25, 0.3) is 0 Å². The van der Waals surface area contributed by atoms with Crippen LogP contribution in [0.4, 0.5) is 0 Å². The molecular weight excluding hydrogens is 470 g/mol. The summed E-state index contributed by atoms with van der Waals surface area (Å²) in [5.74, 6) is 0. The quantitative estimate of drug-likeness (QED) is 0.154. The number of rotatable bonds is 7. The predicted octanol–water partition coefficient (Wildman–Crippen LogP) is -7.61. The molecule has 0 radical (unpaired) electrons. The van der Waals surface area contributed by atoms with Crippen LogP contribution in [0.1, 0.15) is 0 Å². The van der Waals surface area contributed by atoms with Crippen molar-refractivity contribution in [3.8, 4) is 0 Å². The minimum atomic E-state index is -1.84. The van der Waals surface area contributed by atoms with E-state index in [0.29, 0.717) is 0 Å². The lowest BCUT2D eigenvalue weighted by Crippen LogP contribution is -2.65. The molecule has 3 saturated heterocycles. The van der Waals surface area contributed by atoms with E-state index < -0.39 is 112 Å². The minimum absolute atomic E-state index is 0.529. The molecule has 3 heterocycles. The second-order valence-electron chi connectivity index (χ2n) is 8.46. The van der Waals surface area contributed by atoms with Crippen molar-refractivity contribution in [3.05, 3.63) is 0 Å². The Balaban J connectivity index is 1.66. The molecule has 0 aromatic rings. The van der Waals surface area contributed by atoms with Crippen molar-refractivity contribution in [2.45, 2.75) is 92.1 Å². The highest BCUT2D eigenvalue weighted by atomic mass is 16.7. The van der Waals surface area contributed by atoms with Crippen LogP contribution < -0.4 is 5.73 Å². The van der Waals surface area contributed by atoms with Gasteiger partial charge in [-0.25, -0.2) is 0 Å². The number of aliphatic hydroxyl groups excluding tert-OH is 10. The van der Waals surface area contributed by atoms with Crippen molar-refractivity contribution in [1.82, 2.24) is 0 Å². The van der Waals surface area contributed by atoms with Crippen LogP contribution in [0.5, 0.6) is 0 Å². The van der Waals surface area contributed by atoms with E-state index in [4.69, 9.17) is 29.4 Å². The fourth-order valence-corrected chi connectivity index (χ4v) is 4.00. The summed E-state index contributed by atoms with van der Waals surface area (Å²) < 4.78 is 26.6. The van der Waals surface area contributed by atoms with Gasteiger partial charge in [0.15, 0.2) is 18.9 Å². The standard InChI is InChI=1S/C18H33NO15/c19-7-10(24)8(22)4(1-20)32-17(7)30-3-6-9(23)11(25)14(28)18(33-6)34-15-5(2-21)31-16(29)13(27)12(15)26/h4-18,20-29H,1-3,19H2/t4-,5-,6-,7-,8-,9+,10-,11+,12-,13-,14-,15-,16+,17?,18+/m1/s1. The SMILES string of the molecule is N[C@H]1C(OC[C@H]2O[C@@H](O[C@H]3[C@H](O)[C@@H](O)[C@@H](O)O[C@@H]3CO)[C@H](O)[C@@H](O)[C@H]2O)O[C@H](CO)[C@@H](O)[C@@H]1O. The van der Waals surface area contributed by atoms with Gasteiger partial charge in [0.2, 0.25) is 0 Å². The van der Waals surface area contributed by atoms with Gasteiger partial charge in [-0.15, -0.1) is 0 Å². The number of hydrogen-bond donors (Lipinski definition) is 11. The van der Waals surface area contributed by atoms with Gasteiger partial charge in [-0.05, 0) is 0 Å². The lowest BCUT2D eigenvalue weighted by atomic mass is 9.96. The molecule has 200 valence electrons. The van der Waals surface area contributed by atoms with E-state index >= 15 is 0 Å². The van der Waals surface area contributed by atoms with Crippen LogP contribution in [-0.4, -0.2) is 163 Å².